The molecule has 3 aliphatic heterocycles. The van der Waals surface area contributed by atoms with E-state index in [2.05, 4.69) is 71.0 Å². The Morgan fingerprint density at radius 3 is 2.35 bits per heavy atom. The van der Waals surface area contributed by atoms with Gasteiger partial charge >= 0.3 is 0 Å². The fourth-order valence-electron chi connectivity index (χ4n) is 7.99. The SMILES string of the molecule is Cc1nc2ccccc2n1[C@H]1C[C@H]2CC[C@@H](C1)N2CCC1(c2ccccc2)CCN(C(=O)c2ccc(Cl)s2)CC1. The fourth-order valence-corrected chi connectivity index (χ4v) is 9.00. The molecule has 3 aliphatic rings. The monoisotopic (exact) mass is 572 g/mol. The fraction of sp³-hybridized carbons (Fsp3) is 0.455. The van der Waals surface area contributed by atoms with Crippen LogP contribution in [-0.4, -0.2) is 57.0 Å². The van der Waals surface area contributed by atoms with Gasteiger partial charge in [-0.05, 0) is 93.7 Å². The van der Waals surface area contributed by atoms with Crippen molar-refractivity contribution in [3.8, 4) is 0 Å². The normalized spacial score (nSPS) is 24.6. The molecule has 2 bridgehead atoms. The van der Waals surface area contributed by atoms with Crippen LogP contribution in [0.3, 0.4) is 0 Å². The number of para-hydroxylation sites is 2. The van der Waals surface area contributed by atoms with E-state index in [0.717, 1.165) is 55.1 Å². The number of rotatable bonds is 6. The molecular weight excluding hydrogens is 536 g/mol. The molecule has 3 fully saturated rings. The minimum atomic E-state index is 0.110. The summed E-state index contributed by atoms with van der Waals surface area (Å²) in [5, 5.41) is 0. The zero-order valence-corrected chi connectivity index (χ0v) is 24.7. The van der Waals surface area contributed by atoms with Crippen LogP contribution in [0.2, 0.25) is 4.34 Å². The molecular formula is C33H37ClN4OS. The smallest absolute Gasteiger partial charge is 0.263 e. The highest BCUT2D eigenvalue weighted by molar-refractivity contribution is 7.17. The maximum atomic E-state index is 13.2. The minimum Gasteiger partial charge on any atom is -0.338 e. The van der Waals surface area contributed by atoms with Gasteiger partial charge in [-0.25, -0.2) is 4.98 Å². The van der Waals surface area contributed by atoms with E-state index in [9.17, 15) is 4.79 Å². The van der Waals surface area contributed by atoms with Gasteiger partial charge in [0, 0.05) is 31.2 Å². The average molecular weight is 573 g/mol. The molecule has 2 aromatic heterocycles. The van der Waals surface area contributed by atoms with Gasteiger partial charge in [0.1, 0.15) is 5.82 Å². The van der Waals surface area contributed by atoms with Gasteiger partial charge in [-0.15, -0.1) is 11.3 Å². The first-order chi connectivity index (χ1) is 19.5. The molecule has 3 saturated heterocycles. The van der Waals surface area contributed by atoms with Crippen molar-refractivity contribution >= 4 is 39.9 Å². The molecule has 208 valence electrons. The number of halogens is 1. The molecule has 4 aromatic rings. The molecule has 5 nitrogen and oxygen atoms in total. The van der Waals surface area contributed by atoms with Crippen LogP contribution in [-0.2, 0) is 5.41 Å². The number of carbonyl (C=O) groups excluding carboxylic acids is 1. The van der Waals surface area contributed by atoms with E-state index < -0.39 is 0 Å². The van der Waals surface area contributed by atoms with Gasteiger partial charge in [0.25, 0.3) is 5.91 Å². The first kappa shape index (κ1) is 26.2. The number of piperidine rings is 2. The van der Waals surface area contributed by atoms with Crippen molar-refractivity contribution < 1.29 is 4.79 Å². The molecule has 0 N–H and O–H groups in total. The molecule has 1 amide bonds. The highest BCUT2D eigenvalue weighted by Gasteiger charge is 2.44. The molecule has 0 saturated carbocycles. The number of imidazole rings is 1. The van der Waals surface area contributed by atoms with Crippen molar-refractivity contribution in [3.05, 3.63) is 87.3 Å². The Morgan fingerprint density at radius 2 is 1.65 bits per heavy atom. The van der Waals surface area contributed by atoms with Gasteiger partial charge in [-0.1, -0.05) is 54.1 Å². The van der Waals surface area contributed by atoms with Gasteiger partial charge in [0.05, 0.1) is 20.2 Å². The number of amides is 1. The standard InChI is InChI=1S/C33H37ClN4OS/c1-23-35-28-9-5-6-10-29(28)38(23)27-21-25-11-12-26(22-27)37(25)20-17-33(24-7-3-2-4-8-24)15-18-36(19-16-33)32(39)30-13-14-31(34)40-30/h2-10,13-14,25-27H,11-12,15-22H2,1H3/t25-,26+,27+. The summed E-state index contributed by atoms with van der Waals surface area (Å²) < 4.78 is 3.20. The maximum absolute atomic E-state index is 13.2. The Hall–Kier alpha value is -2.67. The lowest BCUT2D eigenvalue weighted by Gasteiger charge is -2.45. The van der Waals surface area contributed by atoms with Crippen molar-refractivity contribution in [3.63, 3.8) is 0 Å². The number of hydrogen-bond donors (Lipinski definition) is 0. The number of nitrogens with zero attached hydrogens (tertiary/aromatic N) is 4. The van der Waals surface area contributed by atoms with E-state index in [1.54, 1.807) is 0 Å². The Kier molecular flexibility index (Phi) is 6.97. The first-order valence-corrected chi connectivity index (χ1v) is 16.0. The van der Waals surface area contributed by atoms with Crippen LogP contribution in [0.1, 0.15) is 72.0 Å². The molecule has 7 heteroatoms. The summed E-state index contributed by atoms with van der Waals surface area (Å²) in [7, 11) is 0. The second kappa shape index (κ2) is 10.6. The van der Waals surface area contributed by atoms with Crippen molar-refractivity contribution in [2.24, 2.45) is 0 Å². The van der Waals surface area contributed by atoms with Gasteiger partial charge in [-0.3, -0.25) is 9.69 Å². The highest BCUT2D eigenvalue weighted by atomic mass is 35.5. The van der Waals surface area contributed by atoms with Gasteiger partial charge in [0.2, 0.25) is 0 Å². The quantitative estimate of drug-likeness (QED) is 0.240. The molecule has 0 radical (unpaired) electrons. The molecule has 40 heavy (non-hydrogen) atoms. The summed E-state index contributed by atoms with van der Waals surface area (Å²) in [5.41, 5.74) is 3.95. The van der Waals surface area contributed by atoms with Crippen molar-refractivity contribution in [2.75, 3.05) is 19.6 Å². The largest absolute Gasteiger partial charge is 0.338 e. The van der Waals surface area contributed by atoms with Crippen LogP contribution >= 0.6 is 22.9 Å². The summed E-state index contributed by atoms with van der Waals surface area (Å²) >= 11 is 7.51. The van der Waals surface area contributed by atoms with Gasteiger partial charge in [-0.2, -0.15) is 0 Å². The predicted molar refractivity (Wildman–Crippen MR) is 163 cm³/mol. The summed E-state index contributed by atoms with van der Waals surface area (Å²) in [6.45, 7) is 4.90. The van der Waals surface area contributed by atoms with Crippen LogP contribution in [0.15, 0.2) is 66.7 Å². The van der Waals surface area contributed by atoms with Crippen molar-refractivity contribution in [2.45, 2.75) is 75.4 Å². The average Bonchev–Trinajstić information content (AvgIpc) is 3.64. The van der Waals surface area contributed by atoms with Crippen LogP contribution in [0.5, 0.6) is 0 Å². The summed E-state index contributed by atoms with van der Waals surface area (Å²) in [4.78, 5) is 23.7. The minimum absolute atomic E-state index is 0.110. The van der Waals surface area contributed by atoms with E-state index in [-0.39, 0.29) is 11.3 Å². The lowest BCUT2D eigenvalue weighted by Crippen LogP contribution is -2.49. The summed E-state index contributed by atoms with van der Waals surface area (Å²) in [6.07, 6.45) is 8.19. The predicted octanol–water partition coefficient (Wildman–Crippen LogP) is 7.49. The van der Waals surface area contributed by atoms with E-state index in [0.29, 0.717) is 22.5 Å². The number of aryl methyl sites for hydroxylation is 1. The van der Waals surface area contributed by atoms with E-state index in [4.69, 9.17) is 16.6 Å². The Bertz CT molecular complexity index is 1490. The lowest BCUT2D eigenvalue weighted by atomic mass is 9.70. The van der Waals surface area contributed by atoms with Crippen LogP contribution in [0.4, 0.5) is 0 Å². The number of likely N-dealkylation sites (tertiary alicyclic amines) is 1. The topological polar surface area (TPSA) is 41.4 Å². The Labute approximate surface area is 245 Å². The molecule has 0 unspecified atom stereocenters. The number of aromatic nitrogens is 2. The molecule has 2 aromatic carbocycles. The zero-order valence-electron chi connectivity index (χ0n) is 23.1. The van der Waals surface area contributed by atoms with Crippen molar-refractivity contribution in [1.82, 2.24) is 19.4 Å². The van der Waals surface area contributed by atoms with E-state index in [1.807, 2.05) is 17.0 Å². The van der Waals surface area contributed by atoms with E-state index >= 15 is 0 Å². The number of benzene rings is 2. The molecule has 0 aliphatic carbocycles. The molecule has 7 rings (SSSR count). The van der Waals surface area contributed by atoms with Gasteiger partial charge < -0.3 is 9.47 Å². The van der Waals surface area contributed by atoms with Crippen LogP contribution < -0.4 is 0 Å². The zero-order chi connectivity index (χ0) is 27.3. The number of hydrogen-bond acceptors (Lipinski definition) is 4. The number of carbonyl (C=O) groups is 1. The van der Waals surface area contributed by atoms with Crippen molar-refractivity contribution in [1.29, 1.82) is 0 Å². The number of fused-ring (bicyclic) bond motifs is 3. The first-order valence-electron chi connectivity index (χ1n) is 14.8. The third kappa shape index (κ3) is 4.68. The second-order valence-electron chi connectivity index (χ2n) is 12.1. The maximum Gasteiger partial charge on any atom is 0.263 e. The summed E-state index contributed by atoms with van der Waals surface area (Å²) in [5.74, 6) is 1.27. The molecule has 0 spiro atoms. The lowest BCUT2D eigenvalue weighted by molar-refractivity contribution is 0.0611. The molecule has 5 heterocycles. The van der Waals surface area contributed by atoms with Crippen LogP contribution in [0, 0.1) is 6.92 Å². The third-order valence-electron chi connectivity index (χ3n) is 10.0. The molecule has 3 atom stereocenters. The Morgan fingerprint density at radius 1 is 0.950 bits per heavy atom. The van der Waals surface area contributed by atoms with E-state index in [1.165, 1.54) is 48.1 Å². The van der Waals surface area contributed by atoms with Gasteiger partial charge in [0.15, 0.2) is 0 Å². The third-order valence-corrected chi connectivity index (χ3v) is 11.2. The highest BCUT2D eigenvalue weighted by Crippen LogP contribution is 2.45. The number of thiophene rings is 1. The van der Waals surface area contributed by atoms with Crippen LogP contribution in [0.25, 0.3) is 11.0 Å². The summed E-state index contributed by atoms with van der Waals surface area (Å²) in [6, 6.07) is 25.2. The Balaban J connectivity index is 1.06. The second-order valence-corrected chi connectivity index (χ2v) is 13.8.